The van der Waals surface area contributed by atoms with Gasteiger partial charge in [0.2, 0.25) is 0 Å². The normalized spacial score (nSPS) is 25.5. The van der Waals surface area contributed by atoms with Gasteiger partial charge in [-0.1, -0.05) is 69.4 Å². The van der Waals surface area contributed by atoms with Crippen LogP contribution in [-0.2, 0) is 0 Å². The lowest BCUT2D eigenvalue weighted by Crippen LogP contribution is -2.13. The van der Waals surface area contributed by atoms with Crippen molar-refractivity contribution in [1.82, 2.24) is 0 Å². The van der Waals surface area contributed by atoms with Crippen molar-refractivity contribution in [3.05, 3.63) is 46.5 Å². The van der Waals surface area contributed by atoms with Gasteiger partial charge >= 0.3 is 0 Å². The molecule has 2 aliphatic carbocycles. The standard InChI is InChI=1S/C27H39N/c1-3-5-6-8-22-17-18-26(19-27(22)20-28)25-15-13-24(14-16-25)23-11-9-21(7-4-2)10-12-23/h13-16,21,23,26H,3-12,17-19H2,1-2H3. The fourth-order valence-corrected chi connectivity index (χ4v) is 5.50. The molecule has 0 amide bonds. The number of allylic oxidation sites excluding steroid dienone is 2. The van der Waals surface area contributed by atoms with Crippen molar-refractivity contribution < 1.29 is 0 Å². The molecular weight excluding hydrogens is 338 g/mol. The minimum atomic E-state index is 0.541. The van der Waals surface area contributed by atoms with Crippen LogP contribution in [0.5, 0.6) is 0 Å². The molecule has 0 N–H and O–H groups in total. The molecule has 3 rings (SSSR count). The summed E-state index contributed by atoms with van der Waals surface area (Å²) in [5.74, 6) is 2.29. The van der Waals surface area contributed by atoms with Crippen molar-refractivity contribution >= 4 is 0 Å². The third-order valence-corrected chi connectivity index (χ3v) is 7.31. The van der Waals surface area contributed by atoms with Crippen LogP contribution in [0.2, 0.25) is 0 Å². The van der Waals surface area contributed by atoms with E-state index in [1.807, 2.05) is 0 Å². The SMILES string of the molecule is CCCCCC1=C(C#N)CC(c2ccc(C3CCC(CCC)CC3)cc2)CC1. The van der Waals surface area contributed by atoms with Crippen LogP contribution in [0, 0.1) is 17.2 Å². The van der Waals surface area contributed by atoms with E-state index in [1.165, 1.54) is 75.3 Å². The summed E-state index contributed by atoms with van der Waals surface area (Å²) >= 11 is 0. The number of nitrogens with zero attached hydrogens (tertiary/aromatic N) is 1. The van der Waals surface area contributed by atoms with Crippen molar-refractivity contribution in [2.75, 3.05) is 0 Å². The largest absolute Gasteiger partial charge is 0.193 e. The third kappa shape index (κ3) is 5.50. The topological polar surface area (TPSA) is 23.8 Å². The summed E-state index contributed by atoms with van der Waals surface area (Å²) in [4.78, 5) is 0. The van der Waals surface area contributed by atoms with Gasteiger partial charge in [0.25, 0.3) is 0 Å². The Morgan fingerprint density at radius 3 is 2.14 bits per heavy atom. The van der Waals surface area contributed by atoms with Crippen LogP contribution >= 0.6 is 0 Å². The molecule has 1 aromatic rings. The van der Waals surface area contributed by atoms with Gasteiger partial charge in [-0.05, 0) is 86.7 Å². The van der Waals surface area contributed by atoms with Crippen molar-refractivity contribution in [1.29, 1.82) is 5.26 Å². The average Bonchev–Trinajstić information content (AvgIpc) is 2.75. The quantitative estimate of drug-likeness (QED) is 0.417. The Balaban J connectivity index is 1.58. The van der Waals surface area contributed by atoms with E-state index in [1.54, 1.807) is 5.56 Å². The van der Waals surface area contributed by atoms with E-state index in [-0.39, 0.29) is 0 Å². The van der Waals surface area contributed by atoms with Crippen molar-refractivity contribution in [2.45, 2.75) is 109 Å². The number of unbranched alkanes of at least 4 members (excludes halogenated alkanes) is 2. The molecule has 152 valence electrons. The van der Waals surface area contributed by atoms with Crippen molar-refractivity contribution in [3.63, 3.8) is 0 Å². The highest BCUT2D eigenvalue weighted by atomic mass is 14.3. The Kier molecular flexibility index (Phi) is 8.20. The van der Waals surface area contributed by atoms with Gasteiger partial charge in [0.1, 0.15) is 0 Å². The summed E-state index contributed by atoms with van der Waals surface area (Å²) in [5.41, 5.74) is 5.54. The van der Waals surface area contributed by atoms with Gasteiger partial charge in [-0.2, -0.15) is 5.26 Å². The first-order valence-corrected chi connectivity index (χ1v) is 12.0. The van der Waals surface area contributed by atoms with Crippen LogP contribution in [0.1, 0.15) is 120 Å². The minimum Gasteiger partial charge on any atom is -0.193 e. The molecule has 1 fully saturated rings. The highest BCUT2D eigenvalue weighted by Crippen LogP contribution is 2.40. The number of benzene rings is 1. The van der Waals surface area contributed by atoms with Crippen LogP contribution in [0.4, 0.5) is 0 Å². The monoisotopic (exact) mass is 377 g/mol. The van der Waals surface area contributed by atoms with Crippen LogP contribution < -0.4 is 0 Å². The molecule has 1 heteroatoms. The summed E-state index contributed by atoms with van der Waals surface area (Å²) in [5, 5.41) is 9.65. The molecule has 1 aromatic carbocycles. The minimum absolute atomic E-state index is 0.541. The van der Waals surface area contributed by atoms with Crippen LogP contribution in [0.3, 0.4) is 0 Å². The summed E-state index contributed by atoms with van der Waals surface area (Å²) < 4.78 is 0. The summed E-state index contributed by atoms with van der Waals surface area (Å²) in [6, 6.07) is 12.1. The average molecular weight is 378 g/mol. The summed E-state index contributed by atoms with van der Waals surface area (Å²) in [6.07, 6.45) is 16.6. The highest BCUT2D eigenvalue weighted by molar-refractivity contribution is 5.36. The Hall–Kier alpha value is -1.55. The zero-order valence-electron chi connectivity index (χ0n) is 18.2. The summed E-state index contributed by atoms with van der Waals surface area (Å²) in [6.45, 7) is 4.56. The molecule has 0 heterocycles. The number of hydrogen-bond acceptors (Lipinski definition) is 1. The van der Waals surface area contributed by atoms with Crippen LogP contribution in [0.25, 0.3) is 0 Å². The Labute approximate surface area is 173 Å². The first-order chi connectivity index (χ1) is 13.7. The van der Waals surface area contributed by atoms with Gasteiger partial charge in [-0.3, -0.25) is 0 Å². The molecule has 1 unspecified atom stereocenters. The predicted octanol–water partition coefficient (Wildman–Crippen LogP) is 8.43. The van der Waals surface area contributed by atoms with E-state index in [2.05, 4.69) is 44.2 Å². The highest BCUT2D eigenvalue weighted by Gasteiger charge is 2.24. The van der Waals surface area contributed by atoms with E-state index in [0.717, 1.165) is 36.7 Å². The molecule has 28 heavy (non-hydrogen) atoms. The number of hydrogen-bond donors (Lipinski definition) is 0. The second-order valence-electron chi connectivity index (χ2n) is 9.26. The van der Waals surface area contributed by atoms with Gasteiger partial charge in [-0.25, -0.2) is 0 Å². The molecule has 2 aliphatic rings. The number of nitriles is 1. The molecule has 0 aliphatic heterocycles. The number of rotatable bonds is 8. The predicted molar refractivity (Wildman–Crippen MR) is 119 cm³/mol. The van der Waals surface area contributed by atoms with Gasteiger partial charge in [-0.15, -0.1) is 0 Å². The lowest BCUT2D eigenvalue weighted by atomic mass is 9.76. The van der Waals surface area contributed by atoms with E-state index in [4.69, 9.17) is 0 Å². The molecule has 1 saturated carbocycles. The Bertz CT molecular complexity index is 667. The lowest BCUT2D eigenvalue weighted by molar-refractivity contribution is 0.308. The van der Waals surface area contributed by atoms with Gasteiger partial charge in [0.05, 0.1) is 6.07 Å². The van der Waals surface area contributed by atoms with Gasteiger partial charge in [0.15, 0.2) is 0 Å². The molecule has 1 nitrogen and oxygen atoms in total. The maximum absolute atomic E-state index is 9.65. The summed E-state index contributed by atoms with van der Waals surface area (Å²) in [7, 11) is 0. The molecule has 0 saturated heterocycles. The van der Waals surface area contributed by atoms with Crippen LogP contribution in [0.15, 0.2) is 35.4 Å². The lowest BCUT2D eigenvalue weighted by Gasteiger charge is -2.29. The Morgan fingerprint density at radius 1 is 0.857 bits per heavy atom. The maximum atomic E-state index is 9.65. The Morgan fingerprint density at radius 2 is 1.54 bits per heavy atom. The van der Waals surface area contributed by atoms with Gasteiger partial charge < -0.3 is 0 Å². The zero-order chi connectivity index (χ0) is 19.8. The molecule has 0 spiro atoms. The first kappa shape index (κ1) is 21.2. The van der Waals surface area contributed by atoms with E-state index in [9.17, 15) is 5.26 Å². The van der Waals surface area contributed by atoms with Crippen molar-refractivity contribution in [2.24, 2.45) is 5.92 Å². The third-order valence-electron chi connectivity index (χ3n) is 7.31. The molecule has 0 aromatic heterocycles. The van der Waals surface area contributed by atoms with E-state index in [0.29, 0.717) is 5.92 Å². The van der Waals surface area contributed by atoms with E-state index >= 15 is 0 Å². The second-order valence-corrected chi connectivity index (χ2v) is 9.26. The molecule has 0 bridgehead atoms. The van der Waals surface area contributed by atoms with E-state index < -0.39 is 0 Å². The molecule has 0 radical (unpaired) electrons. The molecule has 1 atom stereocenters. The second kappa shape index (κ2) is 10.8. The fraction of sp³-hybridized carbons (Fsp3) is 0.667. The smallest absolute Gasteiger partial charge is 0.0946 e. The maximum Gasteiger partial charge on any atom is 0.0946 e. The fourth-order valence-electron chi connectivity index (χ4n) is 5.50. The van der Waals surface area contributed by atoms with Gasteiger partial charge in [0, 0.05) is 5.57 Å². The molecular formula is C27H39N. The van der Waals surface area contributed by atoms with Crippen LogP contribution in [-0.4, -0.2) is 0 Å². The first-order valence-electron chi connectivity index (χ1n) is 12.0. The zero-order valence-corrected chi connectivity index (χ0v) is 18.2. The van der Waals surface area contributed by atoms with Crippen molar-refractivity contribution in [3.8, 4) is 6.07 Å².